The van der Waals surface area contributed by atoms with E-state index in [4.69, 9.17) is 0 Å². The highest BCUT2D eigenvalue weighted by atomic mass is 16.3. The molecule has 0 aliphatic carbocycles. The highest BCUT2D eigenvalue weighted by Gasteiger charge is 2.23. The zero-order valence-corrected chi connectivity index (χ0v) is 13.2. The molecule has 1 aliphatic rings. The van der Waals surface area contributed by atoms with E-state index in [1.54, 1.807) is 0 Å². The topological polar surface area (TPSA) is 35.5 Å². The van der Waals surface area contributed by atoms with Crippen LogP contribution in [0.25, 0.3) is 21.5 Å². The fraction of sp³-hybridized carbons (Fsp3) is 0.300. The first-order valence-corrected chi connectivity index (χ1v) is 8.34. The molecule has 3 nitrogen and oxygen atoms in total. The third-order valence-corrected chi connectivity index (χ3v) is 4.92. The lowest BCUT2D eigenvalue weighted by Gasteiger charge is -2.35. The zero-order valence-electron chi connectivity index (χ0n) is 13.2. The molecule has 118 valence electrons. The van der Waals surface area contributed by atoms with E-state index < -0.39 is 0 Å². The Morgan fingerprint density at radius 2 is 1.57 bits per heavy atom. The molecule has 1 saturated heterocycles. The molecule has 0 unspecified atom stereocenters. The summed E-state index contributed by atoms with van der Waals surface area (Å²) < 4.78 is 0. The van der Waals surface area contributed by atoms with Crippen LogP contribution in [0.3, 0.4) is 0 Å². The molecular formula is C20H22N2O. The molecule has 3 aromatic carbocycles. The highest BCUT2D eigenvalue weighted by Crippen LogP contribution is 2.34. The lowest BCUT2D eigenvalue weighted by atomic mass is 9.93. The van der Waals surface area contributed by atoms with Crippen molar-refractivity contribution in [1.82, 2.24) is 10.2 Å². The predicted molar refractivity (Wildman–Crippen MR) is 95.7 cm³/mol. The molecule has 0 spiro atoms. The largest absolute Gasteiger partial charge is 0.394 e. The summed E-state index contributed by atoms with van der Waals surface area (Å²) in [6, 6.07) is 19.4. The minimum atomic E-state index is 0.0617. The average Bonchev–Trinajstić information content (AvgIpc) is 2.63. The summed E-state index contributed by atoms with van der Waals surface area (Å²) in [5, 5.41) is 18.5. The van der Waals surface area contributed by atoms with Crippen LogP contribution in [-0.2, 0) is 0 Å². The van der Waals surface area contributed by atoms with Crippen LogP contribution in [0.1, 0.15) is 11.6 Å². The molecule has 1 atom stereocenters. The van der Waals surface area contributed by atoms with E-state index in [0.29, 0.717) is 0 Å². The van der Waals surface area contributed by atoms with Crippen molar-refractivity contribution in [2.45, 2.75) is 6.04 Å². The standard InChI is InChI=1S/C20H22N2O/c23-14-20(22-11-9-21-10-12-22)19-13-15-5-1-2-6-16(15)17-7-3-4-8-18(17)19/h1-8,13,20-21,23H,9-12,14H2/t20-/m1/s1. The van der Waals surface area contributed by atoms with Gasteiger partial charge in [-0.3, -0.25) is 4.90 Å². The van der Waals surface area contributed by atoms with Gasteiger partial charge in [0, 0.05) is 26.2 Å². The van der Waals surface area contributed by atoms with E-state index in [1.807, 2.05) is 0 Å². The molecule has 0 bridgehead atoms. The van der Waals surface area contributed by atoms with E-state index >= 15 is 0 Å². The smallest absolute Gasteiger partial charge is 0.0628 e. The van der Waals surface area contributed by atoms with Gasteiger partial charge in [0.1, 0.15) is 0 Å². The first-order chi connectivity index (χ1) is 11.4. The first-order valence-electron chi connectivity index (χ1n) is 8.34. The van der Waals surface area contributed by atoms with Crippen LogP contribution in [0, 0.1) is 0 Å². The maximum atomic E-state index is 10.1. The Labute approximate surface area is 136 Å². The summed E-state index contributed by atoms with van der Waals surface area (Å²) in [5.41, 5.74) is 1.24. The Morgan fingerprint density at radius 1 is 0.913 bits per heavy atom. The van der Waals surface area contributed by atoms with E-state index in [-0.39, 0.29) is 12.6 Å². The van der Waals surface area contributed by atoms with Gasteiger partial charge in [-0.25, -0.2) is 0 Å². The summed E-state index contributed by atoms with van der Waals surface area (Å²) in [5.74, 6) is 0. The summed E-state index contributed by atoms with van der Waals surface area (Å²) in [6.07, 6.45) is 0. The van der Waals surface area contributed by atoms with Crippen molar-refractivity contribution >= 4 is 21.5 Å². The lowest BCUT2D eigenvalue weighted by Crippen LogP contribution is -2.46. The summed E-state index contributed by atoms with van der Waals surface area (Å²) in [4.78, 5) is 2.40. The van der Waals surface area contributed by atoms with Crippen molar-refractivity contribution in [3.63, 3.8) is 0 Å². The fourth-order valence-corrected chi connectivity index (χ4v) is 3.76. The van der Waals surface area contributed by atoms with Gasteiger partial charge >= 0.3 is 0 Å². The van der Waals surface area contributed by atoms with Crippen LogP contribution in [0.5, 0.6) is 0 Å². The number of hydrogen-bond acceptors (Lipinski definition) is 3. The van der Waals surface area contributed by atoms with Gasteiger partial charge in [-0.2, -0.15) is 0 Å². The highest BCUT2D eigenvalue weighted by molar-refractivity contribution is 6.09. The fourth-order valence-electron chi connectivity index (χ4n) is 3.76. The number of piperazine rings is 1. The second-order valence-electron chi connectivity index (χ2n) is 6.22. The van der Waals surface area contributed by atoms with Crippen LogP contribution in [0.15, 0.2) is 54.6 Å². The van der Waals surface area contributed by atoms with Crippen molar-refractivity contribution in [3.05, 3.63) is 60.2 Å². The average molecular weight is 306 g/mol. The summed E-state index contributed by atoms with van der Waals surface area (Å²) >= 11 is 0. The van der Waals surface area contributed by atoms with Gasteiger partial charge in [0.25, 0.3) is 0 Å². The number of aliphatic hydroxyl groups is 1. The number of nitrogens with one attached hydrogen (secondary N) is 1. The van der Waals surface area contributed by atoms with Crippen LogP contribution < -0.4 is 5.32 Å². The number of aliphatic hydroxyl groups excluding tert-OH is 1. The third kappa shape index (κ3) is 2.61. The molecule has 2 N–H and O–H groups in total. The number of benzene rings is 3. The second-order valence-corrected chi connectivity index (χ2v) is 6.22. The lowest BCUT2D eigenvalue weighted by molar-refractivity contribution is 0.112. The molecule has 1 heterocycles. The number of fused-ring (bicyclic) bond motifs is 3. The number of nitrogens with zero attached hydrogens (tertiary/aromatic N) is 1. The second kappa shape index (κ2) is 6.28. The summed E-state index contributed by atoms with van der Waals surface area (Å²) in [7, 11) is 0. The Hall–Kier alpha value is -1.94. The van der Waals surface area contributed by atoms with Crippen molar-refractivity contribution < 1.29 is 5.11 Å². The molecule has 3 aromatic rings. The maximum Gasteiger partial charge on any atom is 0.0628 e. The molecule has 0 aromatic heterocycles. The van der Waals surface area contributed by atoms with Gasteiger partial charge in [0.2, 0.25) is 0 Å². The SMILES string of the molecule is OC[C@H](c1cc2ccccc2c2ccccc12)N1CCNCC1. The van der Waals surface area contributed by atoms with Gasteiger partial charge < -0.3 is 10.4 Å². The molecule has 23 heavy (non-hydrogen) atoms. The molecule has 4 rings (SSSR count). The zero-order chi connectivity index (χ0) is 15.6. The van der Waals surface area contributed by atoms with Gasteiger partial charge in [-0.1, -0.05) is 48.5 Å². The van der Waals surface area contributed by atoms with Gasteiger partial charge in [-0.05, 0) is 33.2 Å². The quantitative estimate of drug-likeness (QED) is 0.730. The Balaban J connectivity index is 1.92. The van der Waals surface area contributed by atoms with Crippen molar-refractivity contribution in [1.29, 1.82) is 0 Å². The number of hydrogen-bond donors (Lipinski definition) is 2. The van der Waals surface area contributed by atoms with Crippen LogP contribution in [-0.4, -0.2) is 42.8 Å². The Bertz CT molecular complexity index is 824. The van der Waals surface area contributed by atoms with E-state index in [2.05, 4.69) is 64.8 Å². The Kier molecular flexibility index (Phi) is 4.00. The van der Waals surface area contributed by atoms with Crippen LogP contribution in [0.4, 0.5) is 0 Å². The van der Waals surface area contributed by atoms with Crippen molar-refractivity contribution in [2.24, 2.45) is 0 Å². The minimum absolute atomic E-state index is 0.0617. The monoisotopic (exact) mass is 306 g/mol. The summed E-state index contributed by atoms with van der Waals surface area (Å²) in [6.45, 7) is 4.09. The number of rotatable bonds is 3. The predicted octanol–water partition coefficient (Wildman–Crippen LogP) is 2.93. The van der Waals surface area contributed by atoms with Crippen molar-refractivity contribution in [2.75, 3.05) is 32.8 Å². The molecule has 1 aliphatic heterocycles. The van der Waals surface area contributed by atoms with Gasteiger partial charge in [0.15, 0.2) is 0 Å². The minimum Gasteiger partial charge on any atom is -0.394 e. The maximum absolute atomic E-state index is 10.1. The molecule has 0 radical (unpaired) electrons. The van der Waals surface area contributed by atoms with Gasteiger partial charge in [-0.15, -0.1) is 0 Å². The molecule has 0 saturated carbocycles. The normalized spacial score (nSPS) is 17.6. The molecule has 1 fully saturated rings. The van der Waals surface area contributed by atoms with Gasteiger partial charge in [0.05, 0.1) is 12.6 Å². The van der Waals surface area contributed by atoms with Crippen LogP contribution in [0.2, 0.25) is 0 Å². The van der Waals surface area contributed by atoms with Crippen molar-refractivity contribution in [3.8, 4) is 0 Å². The van der Waals surface area contributed by atoms with Crippen LogP contribution >= 0.6 is 0 Å². The third-order valence-electron chi connectivity index (χ3n) is 4.92. The Morgan fingerprint density at radius 3 is 2.30 bits per heavy atom. The van der Waals surface area contributed by atoms with E-state index in [1.165, 1.54) is 27.1 Å². The van der Waals surface area contributed by atoms with E-state index in [0.717, 1.165) is 26.2 Å². The molecule has 3 heteroatoms. The molecular weight excluding hydrogens is 284 g/mol. The molecule has 0 amide bonds. The first kappa shape index (κ1) is 14.6. The van der Waals surface area contributed by atoms with E-state index in [9.17, 15) is 5.11 Å².